The van der Waals surface area contributed by atoms with E-state index in [0.29, 0.717) is 32.1 Å². The Morgan fingerprint density at radius 1 is 0.198 bits per heavy atom. The summed E-state index contributed by atoms with van der Waals surface area (Å²) in [4.78, 5) is 50.2. The third-order valence-corrected chi connectivity index (χ3v) is 10.00. The van der Waals surface area contributed by atoms with Gasteiger partial charge in [0.25, 0.3) is 0 Å². The number of rotatable bonds is 42. The van der Waals surface area contributed by atoms with Crippen LogP contribution >= 0.6 is 0 Å². The van der Waals surface area contributed by atoms with E-state index < -0.39 is 66.5 Å². The molecule has 28 nitrogen and oxygen atoms in total. The Balaban J connectivity index is -0.0000000806. The van der Waals surface area contributed by atoms with Gasteiger partial charge in [-0.1, -0.05) is 163 Å². The number of carboxylic acid groups (broad SMARTS) is 5. The van der Waals surface area contributed by atoms with E-state index in [-0.39, 0.29) is 79.3 Å². The minimum atomic E-state index is -0.954. The van der Waals surface area contributed by atoms with Crippen LogP contribution < -0.4 is 0 Å². The maximum Gasteiger partial charge on any atom is 0.303 e. The van der Waals surface area contributed by atoms with E-state index in [1.165, 1.54) is 96.3 Å². The average Bonchev–Trinajstić information content (AvgIpc) is 3.50. The summed E-state index contributed by atoms with van der Waals surface area (Å²) < 4.78 is 0. The van der Waals surface area contributed by atoms with Crippen LogP contribution in [0, 0.1) is 0 Å². The van der Waals surface area contributed by atoms with Crippen LogP contribution in [0.3, 0.4) is 0 Å². The zero-order valence-corrected chi connectivity index (χ0v) is 53.0. The highest BCUT2D eigenvalue weighted by Gasteiger charge is 2.00. The predicted octanol–water partition coefficient (Wildman–Crippen LogP) is 2.15. The molecule has 23 N–H and O–H groups in total. The first-order valence-corrected chi connectivity index (χ1v) is 30.2. The molecule has 0 aromatic rings. The van der Waals surface area contributed by atoms with E-state index in [0.717, 1.165) is 64.2 Å². The molecular weight excluding hydrogens is 1140 g/mol. The van der Waals surface area contributed by atoms with Crippen LogP contribution in [0.15, 0.2) is 0 Å². The summed E-state index contributed by atoms with van der Waals surface area (Å²) in [6.07, 6.45) is 23.7. The number of aliphatic hydroxyl groups is 18. The van der Waals surface area contributed by atoms with Gasteiger partial charge in [0.05, 0.1) is 79.3 Å². The second-order valence-corrected chi connectivity index (χ2v) is 18.9. The Labute approximate surface area is 513 Å². The molecule has 0 aromatic carbocycles. The highest BCUT2D eigenvalue weighted by Crippen LogP contribution is 2.07. The number of unbranched alkanes of at least 4 members (excludes halogenated alkanes) is 20. The minimum Gasteiger partial charge on any atom is -0.481 e. The Morgan fingerprint density at radius 3 is 0.349 bits per heavy atom. The topological polar surface area (TPSA) is 551 Å². The Hall–Kier alpha value is -3.37. The van der Waals surface area contributed by atoms with Gasteiger partial charge in [-0.2, -0.15) is 0 Å². The average molecular weight is 1270 g/mol. The van der Waals surface area contributed by atoms with Gasteiger partial charge in [-0.25, -0.2) is 0 Å². The number of carbonyl (C=O) groups is 5. The maximum atomic E-state index is 10.0. The van der Waals surface area contributed by atoms with Crippen molar-refractivity contribution in [2.75, 3.05) is 79.3 Å². The van der Waals surface area contributed by atoms with Gasteiger partial charge < -0.3 is 117 Å². The number of aliphatic carboxylic acids is 5. The normalized spacial score (nSPS) is 9.83. The molecule has 0 bridgehead atoms. The summed E-state index contributed by atoms with van der Waals surface area (Å²) in [5.74, 6) is -3.35. The molecule has 0 amide bonds. The SMILES string of the molecule is CCCCCCCC(=O)O.CCCCCCCC(=O)O.CCCCCCCC(=O)O.CCCCCCCC(=O)O.CCCCCCCC(=O)O.OCC(O)CO.OCC(O)CO.OCC(O)CO.OCC(O)CO.OCC(O)CO.OCC(O)CO. The van der Waals surface area contributed by atoms with E-state index in [1.807, 2.05) is 0 Å². The highest BCUT2D eigenvalue weighted by molar-refractivity contribution is 5.67. The monoisotopic (exact) mass is 1270 g/mol. The third kappa shape index (κ3) is 165. The van der Waals surface area contributed by atoms with Crippen molar-refractivity contribution in [3.63, 3.8) is 0 Å². The molecule has 0 aliphatic carbocycles. The largest absolute Gasteiger partial charge is 0.481 e. The lowest BCUT2D eigenvalue weighted by Crippen LogP contribution is -2.15. The molecule has 0 heterocycles. The quantitative estimate of drug-likeness (QED) is 0.0389. The fraction of sp³-hybridized carbons (Fsp3) is 0.914. The summed E-state index contributed by atoms with van der Waals surface area (Å²) >= 11 is 0. The lowest BCUT2D eigenvalue weighted by Gasteiger charge is -1.96. The Bertz CT molecular complexity index is 986. The van der Waals surface area contributed by atoms with Gasteiger partial charge in [0.2, 0.25) is 0 Å². The highest BCUT2D eigenvalue weighted by atomic mass is 16.4. The van der Waals surface area contributed by atoms with Crippen molar-refractivity contribution in [1.82, 2.24) is 0 Å². The van der Waals surface area contributed by atoms with E-state index in [4.69, 9.17) is 117 Å². The van der Waals surface area contributed by atoms with Gasteiger partial charge in [0.15, 0.2) is 0 Å². The minimum absolute atomic E-state index is 0.337. The van der Waals surface area contributed by atoms with Crippen molar-refractivity contribution < 1.29 is 141 Å². The van der Waals surface area contributed by atoms with Crippen LogP contribution in [0.5, 0.6) is 0 Å². The molecule has 28 heteroatoms. The predicted molar refractivity (Wildman–Crippen MR) is 326 cm³/mol. The molecule has 0 aliphatic heterocycles. The summed E-state index contributed by atoms with van der Waals surface area (Å²) in [7, 11) is 0. The van der Waals surface area contributed by atoms with E-state index in [1.54, 1.807) is 0 Å². The molecular formula is C58H128O28. The molecule has 0 fully saturated rings. The smallest absolute Gasteiger partial charge is 0.303 e. The Morgan fingerprint density at radius 2 is 0.291 bits per heavy atom. The fourth-order valence-electron chi connectivity index (χ4n) is 4.75. The zero-order valence-electron chi connectivity index (χ0n) is 53.0. The summed E-state index contributed by atoms with van der Waals surface area (Å²) in [5.41, 5.74) is 0. The molecule has 86 heavy (non-hydrogen) atoms. The molecule has 0 aromatic heterocycles. The van der Waals surface area contributed by atoms with Crippen LogP contribution in [-0.2, 0) is 24.0 Å². The number of carboxylic acids is 5. The lowest BCUT2D eigenvalue weighted by atomic mass is 10.1. The molecule has 0 rings (SSSR count). The second kappa shape index (κ2) is 103. The first-order chi connectivity index (χ1) is 40.7. The second-order valence-electron chi connectivity index (χ2n) is 18.9. The van der Waals surface area contributed by atoms with E-state index in [9.17, 15) is 24.0 Å². The van der Waals surface area contributed by atoms with Crippen LogP contribution in [0.2, 0.25) is 0 Å². The van der Waals surface area contributed by atoms with Gasteiger partial charge in [-0.3, -0.25) is 24.0 Å². The van der Waals surface area contributed by atoms with E-state index >= 15 is 0 Å². The van der Waals surface area contributed by atoms with Crippen LogP contribution in [0.1, 0.15) is 227 Å². The molecule has 0 aliphatic rings. The van der Waals surface area contributed by atoms with Crippen molar-refractivity contribution in [2.45, 2.75) is 264 Å². The number of aliphatic hydroxyl groups excluding tert-OH is 18. The fourth-order valence-corrected chi connectivity index (χ4v) is 4.75. The van der Waals surface area contributed by atoms with Crippen molar-refractivity contribution >= 4 is 29.8 Å². The molecule has 0 atom stereocenters. The van der Waals surface area contributed by atoms with Gasteiger partial charge in [-0.05, 0) is 32.1 Å². The third-order valence-electron chi connectivity index (χ3n) is 10.00. The first-order valence-electron chi connectivity index (χ1n) is 30.2. The maximum absolute atomic E-state index is 10.0. The Kier molecular flexibility index (Phi) is 129. The molecule has 0 saturated heterocycles. The van der Waals surface area contributed by atoms with Gasteiger partial charge in [0.1, 0.15) is 36.6 Å². The van der Waals surface area contributed by atoms with Crippen LogP contribution in [0.25, 0.3) is 0 Å². The van der Waals surface area contributed by atoms with Crippen molar-refractivity contribution in [2.24, 2.45) is 0 Å². The zero-order chi connectivity index (χ0) is 69.0. The summed E-state index contributed by atoms with van der Waals surface area (Å²) in [6.45, 7) is 6.37. The molecule has 528 valence electrons. The van der Waals surface area contributed by atoms with Crippen molar-refractivity contribution in [1.29, 1.82) is 0 Å². The standard InChI is InChI=1S/5C8H16O2.6C3H8O3/c5*1-2-3-4-5-6-7-8(9)10;6*4-1-3(6)2-5/h5*2-7H2,1H3,(H,9,10);6*3-6H,1-2H2. The summed E-state index contributed by atoms with van der Waals surface area (Å²) in [5, 5.41) is 185. The lowest BCUT2D eigenvalue weighted by molar-refractivity contribution is -0.138. The van der Waals surface area contributed by atoms with E-state index in [2.05, 4.69) is 34.6 Å². The van der Waals surface area contributed by atoms with Crippen LogP contribution in [0.4, 0.5) is 0 Å². The first kappa shape index (κ1) is 107. The van der Waals surface area contributed by atoms with Crippen LogP contribution in [-0.4, -0.2) is 263 Å². The molecule has 0 radical (unpaired) electrons. The number of hydrogen-bond acceptors (Lipinski definition) is 23. The van der Waals surface area contributed by atoms with Crippen molar-refractivity contribution in [3.05, 3.63) is 0 Å². The molecule has 0 unspecified atom stereocenters. The van der Waals surface area contributed by atoms with Crippen molar-refractivity contribution in [3.8, 4) is 0 Å². The molecule has 0 spiro atoms. The van der Waals surface area contributed by atoms with Gasteiger partial charge >= 0.3 is 29.8 Å². The summed E-state index contributed by atoms with van der Waals surface area (Å²) in [6, 6.07) is 0. The molecule has 0 saturated carbocycles. The van der Waals surface area contributed by atoms with Gasteiger partial charge in [0, 0.05) is 32.1 Å². The number of hydrogen-bond donors (Lipinski definition) is 23. The van der Waals surface area contributed by atoms with Gasteiger partial charge in [-0.15, -0.1) is 0 Å².